The van der Waals surface area contributed by atoms with Crippen molar-refractivity contribution in [1.82, 2.24) is 15.0 Å². The van der Waals surface area contributed by atoms with Crippen LogP contribution in [0.25, 0.3) is 0 Å². The first-order chi connectivity index (χ1) is 16.9. The second-order valence-electron chi connectivity index (χ2n) is 6.03. The zero-order chi connectivity index (χ0) is 27.4. The van der Waals surface area contributed by atoms with Crippen LogP contribution in [0.15, 0.2) is 55.0 Å². The average molecular weight is 611 g/mol. The van der Waals surface area contributed by atoms with Gasteiger partial charge in [-0.15, -0.1) is 0 Å². The van der Waals surface area contributed by atoms with E-state index in [1.165, 1.54) is 55.0 Å². The molecule has 0 bridgehead atoms. The van der Waals surface area contributed by atoms with Gasteiger partial charge in [0.05, 0.1) is 16.7 Å². The molecule has 0 fully saturated rings. The van der Waals surface area contributed by atoms with Crippen molar-refractivity contribution in [3.8, 4) is 0 Å². The van der Waals surface area contributed by atoms with E-state index in [9.17, 15) is 28.8 Å². The van der Waals surface area contributed by atoms with Crippen molar-refractivity contribution >= 4 is 35.8 Å². The van der Waals surface area contributed by atoms with Crippen LogP contribution in [0.3, 0.4) is 0 Å². The van der Waals surface area contributed by atoms with E-state index in [1.54, 1.807) is 0 Å². The molecule has 2 radical (unpaired) electrons. The number of nitrogens with zero attached hydrogens (tertiary/aromatic N) is 3. The van der Waals surface area contributed by atoms with E-state index in [-0.39, 0.29) is 50.8 Å². The van der Waals surface area contributed by atoms with Crippen molar-refractivity contribution in [2.45, 2.75) is 0 Å². The molecule has 0 unspecified atom stereocenters. The number of aromatic nitrogens is 3. The third-order valence-electron chi connectivity index (χ3n) is 3.72. The number of aromatic carboxylic acids is 6. The van der Waals surface area contributed by atoms with Crippen LogP contribution in [-0.4, -0.2) is 81.4 Å². The summed E-state index contributed by atoms with van der Waals surface area (Å²) in [6, 6.07) is 7.69. The van der Waals surface area contributed by atoms with Crippen molar-refractivity contribution in [2.24, 2.45) is 0 Å². The van der Waals surface area contributed by atoms with Gasteiger partial charge in [-0.3, -0.25) is 0 Å². The molecule has 0 saturated carbocycles. The molecule has 0 aliphatic rings. The number of carboxylic acid groups (broad SMARTS) is 6. The second-order valence-corrected chi connectivity index (χ2v) is 6.03. The molecule has 0 amide bonds. The molecule has 0 spiro atoms. The molecule has 17 heteroatoms. The Hall–Kier alpha value is -4.69. The van der Waals surface area contributed by atoms with Gasteiger partial charge in [-0.05, 0) is 36.4 Å². The number of carbonyl (C=O) groups is 6. The topological polar surface area (TPSA) is 262 Å². The first-order valence-corrected chi connectivity index (χ1v) is 9.13. The molecule has 3 aromatic rings. The van der Waals surface area contributed by atoms with Crippen molar-refractivity contribution in [2.75, 3.05) is 0 Å². The number of hydrogen-bond acceptors (Lipinski definition) is 9. The number of hydrogen-bond donors (Lipinski definition) is 6. The fourth-order valence-corrected chi connectivity index (χ4v) is 2.24. The van der Waals surface area contributed by atoms with Crippen molar-refractivity contribution in [3.63, 3.8) is 0 Å². The van der Waals surface area contributed by atoms with Crippen LogP contribution in [0, 0.1) is 0 Å². The van der Waals surface area contributed by atoms with Gasteiger partial charge in [0.15, 0.2) is 17.1 Å². The Kier molecular flexibility index (Phi) is 15.8. The van der Waals surface area contributed by atoms with Gasteiger partial charge in [0.2, 0.25) is 0 Å². The monoisotopic (exact) mass is 611 g/mol. The van der Waals surface area contributed by atoms with E-state index in [0.29, 0.717) is 0 Å². The van der Waals surface area contributed by atoms with Crippen molar-refractivity contribution in [1.29, 1.82) is 0 Å². The van der Waals surface area contributed by atoms with Gasteiger partial charge in [0.1, 0.15) is 0 Å². The summed E-state index contributed by atoms with van der Waals surface area (Å²) in [5.41, 5.74) is -2.22. The van der Waals surface area contributed by atoms with Gasteiger partial charge in [-0.1, -0.05) is 0 Å². The first-order valence-electron chi connectivity index (χ1n) is 9.13. The molecular weight excluding hydrogens is 596 g/mol. The quantitative estimate of drug-likeness (QED) is 0.215. The maximum atomic E-state index is 10.4. The van der Waals surface area contributed by atoms with E-state index in [4.69, 9.17) is 30.6 Å². The molecule has 6 N–H and O–H groups in total. The SMILES string of the molecule is O=C(O)c1cccnc1C(=O)O.O=C(O)c1cccnc1C(=O)O.O=C(O)c1cccnc1C(=O)O.[Mn].[Mn]. The molecule has 3 heterocycles. The summed E-state index contributed by atoms with van der Waals surface area (Å²) in [6.45, 7) is 0. The Morgan fingerprint density at radius 2 is 0.632 bits per heavy atom. The van der Waals surface area contributed by atoms with Crippen molar-refractivity contribution < 1.29 is 93.5 Å². The summed E-state index contributed by atoms with van der Waals surface area (Å²) in [4.78, 5) is 72.7. The van der Waals surface area contributed by atoms with Crippen LogP contribution in [0.4, 0.5) is 0 Å². The number of pyridine rings is 3. The number of rotatable bonds is 6. The second kappa shape index (κ2) is 16.9. The van der Waals surface area contributed by atoms with Gasteiger partial charge >= 0.3 is 35.8 Å². The Balaban J connectivity index is 0. The third-order valence-corrected chi connectivity index (χ3v) is 3.72. The van der Waals surface area contributed by atoms with E-state index in [0.717, 1.165) is 0 Å². The third kappa shape index (κ3) is 10.5. The minimum Gasteiger partial charge on any atom is -0.478 e. The van der Waals surface area contributed by atoms with Gasteiger partial charge in [0, 0.05) is 52.7 Å². The van der Waals surface area contributed by atoms with Crippen LogP contribution in [0.5, 0.6) is 0 Å². The van der Waals surface area contributed by atoms with Gasteiger partial charge < -0.3 is 30.6 Å². The van der Waals surface area contributed by atoms with Crippen molar-refractivity contribution in [3.05, 3.63) is 88.8 Å². The Labute approximate surface area is 232 Å². The van der Waals surface area contributed by atoms with Crippen LogP contribution in [0.2, 0.25) is 0 Å². The minimum atomic E-state index is -1.34. The maximum absolute atomic E-state index is 10.4. The first kappa shape index (κ1) is 35.5. The summed E-state index contributed by atoms with van der Waals surface area (Å²) in [5, 5.41) is 51.0. The fourth-order valence-electron chi connectivity index (χ4n) is 2.24. The normalized spacial score (nSPS) is 8.84. The Bertz CT molecular complexity index is 1070. The molecule has 0 aromatic carbocycles. The summed E-state index contributed by atoms with van der Waals surface area (Å²) in [6.07, 6.45) is 3.70. The van der Waals surface area contributed by atoms with Crippen LogP contribution >= 0.6 is 0 Å². The zero-order valence-electron chi connectivity index (χ0n) is 18.4. The molecule has 3 rings (SSSR count). The number of carboxylic acids is 6. The van der Waals surface area contributed by atoms with E-state index in [2.05, 4.69) is 15.0 Å². The van der Waals surface area contributed by atoms with E-state index < -0.39 is 52.9 Å². The van der Waals surface area contributed by atoms with Crippen LogP contribution < -0.4 is 0 Å². The average Bonchev–Trinajstić information content (AvgIpc) is 2.84. The zero-order valence-corrected chi connectivity index (χ0v) is 20.8. The molecule has 38 heavy (non-hydrogen) atoms. The van der Waals surface area contributed by atoms with Gasteiger partial charge in [-0.2, -0.15) is 0 Å². The van der Waals surface area contributed by atoms with Crippen LogP contribution in [0.1, 0.15) is 62.5 Å². The largest absolute Gasteiger partial charge is 0.478 e. The molecular formula is C21H15Mn2N3O12. The summed E-state index contributed by atoms with van der Waals surface area (Å²) >= 11 is 0. The standard InChI is InChI=1S/3C7H5NO4.2Mn/c3*9-6(10)4-2-1-3-8-5(4)7(11)12;;/h3*1-3H,(H,9,10)(H,11,12);;. The molecule has 0 aliphatic heterocycles. The van der Waals surface area contributed by atoms with Gasteiger partial charge in [0.25, 0.3) is 0 Å². The predicted octanol–water partition coefficient (Wildman–Crippen LogP) is 1.43. The summed E-state index contributed by atoms with van der Waals surface area (Å²) < 4.78 is 0. The molecule has 15 nitrogen and oxygen atoms in total. The Morgan fingerprint density at radius 1 is 0.421 bits per heavy atom. The maximum Gasteiger partial charge on any atom is 0.355 e. The minimum absolute atomic E-state index is 0. The molecule has 0 atom stereocenters. The fraction of sp³-hybridized carbons (Fsp3) is 0. The Morgan fingerprint density at radius 3 is 0.763 bits per heavy atom. The molecule has 3 aromatic heterocycles. The molecule has 0 aliphatic carbocycles. The van der Waals surface area contributed by atoms with E-state index >= 15 is 0 Å². The molecule has 0 saturated heterocycles. The molecule has 200 valence electrons. The smallest absolute Gasteiger partial charge is 0.355 e. The van der Waals surface area contributed by atoms with E-state index in [1.807, 2.05) is 0 Å². The predicted molar refractivity (Wildman–Crippen MR) is 114 cm³/mol. The van der Waals surface area contributed by atoms with Crippen LogP contribution in [-0.2, 0) is 34.1 Å². The summed E-state index contributed by atoms with van der Waals surface area (Å²) in [5.74, 6) is -7.89. The summed E-state index contributed by atoms with van der Waals surface area (Å²) in [7, 11) is 0. The van der Waals surface area contributed by atoms with Gasteiger partial charge in [-0.25, -0.2) is 43.7 Å².